The zero-order valence-corrected chi connectivity index (χ0v) is 11.2. The van der Waals surface area contributed by atoms with Gasteiger partial charge >= 0.3 is 0 Å². The van der Waals surface area contributed by atoms with Crippen LogP contribution in [0.25, 0.3) is 10.1 Å². The van der Waals surface area contributed by atoms with Gasteiger partial charge in [-0.1, -0.05) is 23.7 Å². The molecular weight excluding hydrogens is 276 g/mol. The van der Waals surface area contributed by atoms with Crippen molar-refractivity contribution in [2.45, 2.75) is 0 Å². The lowest BCUT2D eigenvalue weighted by Crippen LogP contribution is -2.20. The molecule has 1 amide bonds. The molecule has 1 heterocycles. The molecule has 0 fully saturated rings. The number of fused-ring (bicyclic) bond motifs is 1. The first-order chi connectivity index (χ1) is 8.43. The van der Waals surface area contributed by atoms with Gasteiger partial charge < -0.3 is 4.90 Å². The first-order valence-corrected chi connectivity index (χ1v) is 6.20. The fourth-order valence-corrected chi connectivity index (χ4v) is 3.17. The highest BCUT2D eigenvalue weighted by molar-refractivity contribution is 7.22. The number of hydrogen-bond acceptors (Lipinski definition) is 4. The molecule has 0 spiro atoms. The predicted molar refractivity (Wildman–Crippen MR) is 71.5 cm³/mol. The van der Waals surface area contributed by atoms with E-state index >= 15 is 0 Å². The highest BCUT2D eigenvalue weighted by Gasteiger charge is 2.23. The van der Waals surface area contributed by atoms with Crippen molar-refractivity contribution in [2.24, 2.45) is 0 Å². The van der Waals surface area contributed by atoms with Crippen LogP contribution in [-0.2, 0) is 0 Å². The third-order valence-corrected chi connectivity index (χ3v) is 4.15. The fraction of sp³-hybridized carbons (Fsp3) is 0.182. The number of carbonyl (C=O) groups is 1. The van der Waals surface area contributed by atoms with E-state index in [1.165, 1.54) is 11.0 Å². The summed E-state index contributed by atoms with van der Waals surface area (Å²) in [6.07, 6.45) is 0. The highest BCUT2D eigenvalue weighted by Crippen LogP contribution is 2.40. The Balaban J connectivity index is 2.74. The van der Waals surface area contributed by atoms with Crippen LogP contribution in [0, 0.1) is 10.1 Å². The third-order valence-electron chi connectivity index (χ3n) is 2.43. The van der Waals surface area contributed by atoms with Gasteiger partial charge in [-0.15, -0.1) is 11.3 Å². The van der Waals surface area contributed by atoms with Crippen molar-refractivity contribution in [2.75, 3.05) is 14.1 Å². The van der Waals surface area contributed by atoms with E-state index in [1.54, 1.807) is 26.2 Å². The van der Waals surface area contributed by atoms with Crippen LogP contribution in [-0.4, -0.2) is 29.8 Å². The summed E-state index contributed by atoms with van der Waals surface area (Å²) in [4.78, 5) is 24.1. The minimum Gasteiger partial charge on any atom is -0.344 e. The highest BCUT2D eigenvalue weighted by atomic mass is 35.5. The summed E-state index contributed by atoms with van der Waals surface area (Å²) < 4.78 is 0.428. The van der Waals surface area contributed by atoms with Crippen molar-refractivity contribution in [3.8, 4) is 0 Å². The Bertz CT molecular complexity index is 651. The molecule has 0 saturated carbocycles. The maximum Gasteiger partial charge on any atom is 0.287 e. The van der Waals surface area contributed by atoms with E-state index in [0.29, 0.717) is 15.0 Å². The van der Waals surface area contributed by atoms with Crippen LogP contribution >= 0.6 is 22.9 Å². The van der Waals surface area contributed by atoms with Crippen molar-refractivity contribution < 1.29 is 9.72 Å². The zero-order chi connectivity index (χ0) is 13.4. The second-order valence-electron chi connectivity index (χ2n) is 3.86. The van der Waals surface area contributed by atoms with E-state index < -0.39 is 4.92 Å². The Kier molecular flexibility index (Phi) is 3.23. The number of hydrogen-bond donors (Lipinski definition) is 0. The van der Waals surface area contributed by atoms with Gasteiger partial charge in [0.25, 0.3) is 11.6 Å². The summed E-state index contributed by atoms with van der Waals surface area (Å²) in [7, 11) is 3.22. The zero-order valence-electron chi connectivity index (χ0n) is 9.64. The summed E-state index contributed by atoms with van der Waals surface area (Å²) >= 11 is 7.16. The molecule has 1 aromatic carbocycles. The molecule has 0 bridgehead atoms. The average Bonchev–Trinajstić information content (AvgIpc) is 2.65. The van der Waals surface area contributed by atoms with Gasteiger partial charge in [-0.3, -0.25) is 14.9 Å². The molecule has 0 aliphatic carbocycles. The van der Waals surface area contributed by atoms with Crippen LogP contribution in [0.15, 0.2) is 18.2 Å². The number of nitro groups is 1. The summed E-state index contributed by atoms with van der Waals surface area (Å²) in [5, 5.41) is 11.7. The quantitative estimate of drug-likeness (QED) is 0.628. The molecule has 0 atom stereocenters. The Morgan fingerprint density at radius 2 is 2.11 bits per heavy atom. The Labute approximate surface area is 112 Å². The van der Waals surface area contributed by atoms with Crippen LogP contribution in [0.4, 0.5) is 5.69 Å². The topological polar surface area (TPSA) is 63.5 Å². The molecule has 5 nitrogen and oxygen atoms in total. The van der Waals surface area contributed by atoms with E-state index in [9.17, 15) is 14.9 Å². The number of nitrogens with zero attached hydrogens (tertiary/aromatic N) is 2. The fourth-order valence-electron chi connectivity index (χ4n) is 1.56. The van der Waals surface area contributed by atoms with Crippen LogP contribution in [0.2, 0.25) is 5.02 Å². The molecule has 0 saturated heterocycles. The molecule has 94 valence electrons. The number of non-ortho nitro benzene ring substituents is 1. The number of halogens is 1. The van der Waals surface area contributed by atoms with E-state index in [0.717, 1.165) is 11.3 Å². The van der Waals surface area contributed by atoms with Crippen LogP contribution in [0.5, 0.6) is 0 Å². The standard InChI is InChI=1S/C11H9ClN2O3S/c1-13(2)11(15)10-8(12)6-4-3-5-7(14(16)17)9(6)18-10/h3-5H,1-2H3. The molecule has 2 rings (SSSR count). The molecule has 1 aromatic heterocycles. The smallest absolute Gasteiger partial charge is 0.287 e. The van der Waals surface area contributed by atoms with Crippen molar-refractivity contribution in [1.29, 1.82) is 0 Å². The maximum absolute atomic E-state index is 11.9. The lowest BCUT2D eigenvalue weighted by atomic mass is 10.2. The van der Waals surface area contributed by atoms with Crippen molar-refractivity contribution >= 4 is 44.6 Å². The van der Waals surface area contributed by atoms with Crippen molar-refractivity contribution in [1.82, 2.24) is 4.90 Å². The van der Waals surface area contributed by atoms with Crippen LogP contribution in [0.3, 0.4) is 0 Å². The SMILES string of the molecule is CN(C)C(=O)c1sc2c([N+](=O)[O-])cccc2c1Cl. The summed E-state index contributed by atoms with van der Waals surface area (Å²) in [6, 6.07) is 4.63. The van der Waals surface area contributed by atoms with Gasteiger partial charge in [0.15, 0.2) is 0 Å². The molecule has 2 aromatic rings. The number of carbonyl (C=O) groups excluding carboxylic acids is 1. The molecule has 0 aliphatic heterocycles. The molecule has 7 heteroatoms. The number of amides is 1. The summed E-state index contributed by atoms with van der Waals surface area (Å²) in [5.74, 6) is -0.254. The lowest BCUT2D eigenvalue weighted by molar-refractivity contribution is -0.382. The first-order valence-electron chi connectivity index (χ1n) is 5.00. The van der Waals surface area contributed by atoms with Gasteiger partial charge in [0.2, 0.25) is 0 Å². The number of nitro benzene ring substituents is 1. The monoisotopic (exact) mass is 284 g/mol. The van der Waals surface area contributed by atoms with Crippen LogP contribution in [0.1, 0.15) is 9.67 Å². The molecule has 0 unspecified atom stereocenters. The number of benzene rings is 1. The van der Waals surface area contributed by atoms with Crippen molar-refractivity contribution in [3.05, 3.63) is 38.2 Å². The Morgan fingerprint density at radius 1 is 1.44 bits per heavy atom. The molecular formula is C11H9ClN2O3S. The summed E-state index contributed by atoms with van der Waals surface area (Å²) in [6.45, 7) is 0. The molecule has 0 aliphatic rings. The maximum atomic E-state index is 11.9. The largest absolute Gasteiger partial charge is 0.344 e. The third kappa shape index (κ3) is 1.93. The summed E-state index contributed by atoms with van der Waals surface area (Å²) in [5.41, 5.74) is -0.0304. The average molecular weight is 285 g/mol. The second kappa shape index (κ2) is 4.55. The van der Waals surface area contributed by atoms with Crippen LogP contribution < -0.4 is 0 Å². The predicted octanol–water partition coefficient (Wildman–Crippen LogP) is 3.16. The molecule has 0 radical (unpaired) electrons. The lowest BCUT2D eigenvalue weighted by Gasteiger charge is -2.07. The van der Waals surface area contributed by atoms with Crippen molar-refractivity contribution in [3.63, 3.8) is 0 Å². The first kappa shape index (κ1) is 12.8. The molecule has 18 heavy (non-hydrogen) atoms. The van der Waals surface area contributed by atoms with E-state index in [2.05, 4.69) is 0 Å². The number of thiophene rings is 1. The van der Waals surface area contributed by atoms with Gasteiger partial charge in [0, 0.05) is 25.5 Å². The minimum absolute atomic E-state index is 0.0304. The molecule has 0 N–H and O–H groups in total. The Morgan fingerprint density at radius 3 is 2.67 bits per heavy atom. The van der Waals surface area contributed by atoms with Gasteiger partial charge in [-0.2, -0.15) is 0 Å². The normalized spacial score (nSPS) is 10.6. The van der Waals surface area contributed by atoms with E-state index in [1.807, 2.05) is 0 Å². The van der Waals surface area contributed by atoms with Gasteiger partial charge in [-0.25, -0.2) is 0 Å². The minimum atomic E-state index is -0.473. The van der Waals surface area contributed by atoms with E-state index in [4.69, 9.17) is 11.6 Å². The van der Waals surface area contributed by atoms with Gasteiger partial charge in [-0.05, 0) is 0 Å². The van der Waals surface area contributed by atoms with Gasteiger partial charge in [0.05, 0.1) is 9.95 Å². The Hall–Kier alpha value is -1.66. The van der Waals surface area contributed by atoms with E-state index in [-0.39, 0.29) is 16.6 Å². The second-order valence-corrected chi connectivity index (χ2v) is 5.25. The number of rotatable bonds is 2. The van der Waals surface area contributed by atoms with Gasteiger partial charge in [0.1, 0.15) is 9.58 Å².